The molecule has 0 heterocycles. The number of ether oxygens (including phenoxy) is 3. The zero-order valence-electron chi connectivity index (χ0n) is 25.2. The Labute approximate surface area is 230 Å². The second kappa shape index (κ2) is 28.2. The van der Waals surface area contributed by atoms with Crippen LogP contribution in [-0.4, -0.2) is 51.2 Å². The lowest BCUT2D eigenvalue weighted by molar-refractivity contribution is -0.125. The summed E-state index contributed by atoms with van der Waals surface area (Å²) in [6.45, 7) is 11.8. The number of Topliss-reactive ketones (excluding diaryl/α,β-unsaturated/α-hetero) is 2. The van der Waals surface area contributed by atoms with Gasteiger partial charge in [-0.1, -0.05) is 105 Å². The van der Waals surface area contributed by atoms with Crippen LogP contribution in [0.3, 0.4) is 0 Å². The summed E-state index contributed by atoms with van der Waals surface area (Å²) in [5.41, 5.74) is 0. The molecule has 2 unspecified atom stereocenters. The van der Waals surface area contributed by atoms with Crippen LogP contribution < -0.4 is 0 Å². The fourth-order valence-electron chi connectivity index (χ4n) is 4.76. The Balaban J connectivity index is 3.82. The van der Waals surface area contributed by atoms with Gasteiger partial charge in [-0.05, 0) is 25.7 Å². The van der Waals surface area contributed by atoms with Gasteiger partial charge in [-0.15, -0.1) is 0 Å². The van der Waals surface area contributed by atoms with Gasteiger partial charge < -0.3 is 14.2 Å². The van der Waals surface area contributed by atoms with Gasteiger partial charge in [0.05, 0.1) is 39.6 Å². The van der Waals surface area contributed by atoms with Crippen molar-refractivity contribution in [3.63, 3.8) is 0 Å². The Morgan fingerprint density at radius 1 is 0.432 bits per heavy atom. The molecule has 0 aromatic carbocycles. The average molecular weight is 527 g/mol. The van der Waals surface area contributed by atoms with Crippen molar-refractivity contribution in [2.45, 2.75) is 143 Å². The third-order valence-electron chi connectivity index (χ3n) is 7.26. The van der Waals surface area contributed by atoms with E-state index in [0.29, 0.717) is 64.0 Å². The first-order valence-corrected chi connectivity index (χ1v) is 15.9. The summed E-state index contributed by atoms with van der Waals surface area (Å²) in [5.74, 6) is 1.16. The maximum absolute atomic E-state index is 12.7. The van der Waals surface area contributed by atoms with Gasteiger partial charge in [-0.3, -0.25) is 9.59 Å². The van der Waals surface area contributed by atoms with Crippen LogP contribution in [0.25, 0.3) is 0 Å². The highest BCUT2D eigenvalue weighted by Crippen LogP contribution is 2.21. The van der Waals surface area contributed by atoms with Crippen molar-refractivity contribution in [3.8, 4) is 0 Å². The topological polar surface area (TPSA) is 61.8 Å². The van der Waals surface area contributed by atoms with Crippen LogP contribution in [0.4, 0.5) is 0 Å². The van der Waals surface area contributed by atoms with Crippen LogP contribution in [-0.2, 0) is 23.8 Å². The summed E-state index contributed by atoms with van der Waals surface area (Å²) in [6, 6.07) is 0. The van der Waals surface area contributed by atoms with Gasteiger partial charge in [0, 0.05) is 24.7 Å². The lowest BCUT2D eigenvalue weighted by Crippen LogP contribution is -2.18. The summed E-state index contributed by atoms with van der Waals surface area (Å²) in [4.78, 5) is 25.2. The third kappa shape index (κ3) is 22.9. The van der Waals surface area contributed by atoms with Gasteiger partial charge in [0.2, 0.25) is 0 Å². The minimum Gasteiger partial charge on any atom is -0.379 e. The largest absolute Gasteiger partial charge is 0.379 e. The summed E-state index contributed by atoms with van der Waals surface area (Å²) in [6.07, 6.45) is 19.5. The molecule has 0 N–H and O–H groups in total. The molecule has 0 aromatic heterocycles. The molecule has 0 saturated heterocycles. The number of hydrogen-bond donors (Lipinski definition) is 0. The summed E-state index contributed by atoms with van der Waals surface area (Å²) in [5, 5.41) is 0. The summed E-state index contributed by atoms with van der Waals surface area (Å²) < 4.78 is 16.8. The highest BCUT2D eigenvalue weighted by atomic mass is 16.5. The SMILES string of the molecule is CCCCCCCC(CCCC)C(=O)CCOCCOCCOCCC(=O)C(CCCC)CCCCC. The van der Waals surface area contributed by atoms with Crippen LogP contribution in [0.5, 0.6) is 0 Å². The molecule has 5 nitrogen and oxygen atoms in total. The molecule has 37 heavy (non-hydrogen) atoms. The monoisotopic (exact) mass is 526 g/mol. The molecule has 0 bridgehead atoms. The molecule has 0 fully saturated rings. The molecule has 0 aliphatic carbocycles. The van der Waals surface area contributed by atoms with E-state index in [2.05, 4.69) is 27.7 Å². The second-order valence-electron chi connectivity index (χ2n) is 10.6. The van der Waals surface area contributed by atoms with Crippen LogP contribution in [0.15, 0.2) is 0 Å². The van der Waals surface area contributed by atoms with E-state index in [0.717, 1.165) is 57.8 Å². The number of hydrogen-bond acceptors (Lipinski definition) is 5. The second-order valence-corrected chi connectivity index (χ2v) is 10.6. The van der Waals surface area contributed by atoms with Crippen molar-refractivity contribution in [2.75, 3.05) is 39.6 Å². The van der Waals surface area contributed by atoms with Gasteiger partial charge in [0.1, 0.15) is 11.6 Å². The Bertz CT molecular complexity index is 507. The van der Waals surface area contributed by atoms with E-state index in [1.165, 1.54) is 44.9 Å². The molecular weight excluding hydrogens is 464 g/mol. The molecule has 5 heteroatoms. The summed E-state index contributed by atoms with van der Waals surface area (Å²) in [7, 11) is 0. The standard InChI is InChI=1S/C32H62O5/c1-5-9-13-14-16-20-30(18-12-8-4)32(34)22-24-36-26-28-37-27-25-35-23-21-31(33)29(17-11-7-3)19-15-10-6-2/h29-30H,5-28H2,1-4H3. The van der Waals surface area contributed by atoms with E-state index in [9.17, 15) is 9.59 Å². The Morgan fingerprint density at radius 3 is 1.19 bits per heavy atom. The molecule has 0 aromatic rings. The fourth-order valence-corrected chi connectivity index (χ4v) is 4.76. The number of carbonyl (C=O) groups is 2. The molecular formula is C32H62O5. The molecule has 220 valence electrons. The van der Waals surface area contributed by atoms with E-state index in [4.69, 9.17) is 14.2 Å². The van der Waals surface area contributed by atoms with Crippen LogP contribution in [0.2, 0.25) is 0 Å². The molecule has 0 aliphatic heterocycles. The molecule has 2 atom stereocenters. The fraction of sp³-hybridized carbons (Fsp3) is 0.938. The Hall–Kier alpha value is -0.780. The number of rotatable bonds is 30. The lowest BCUT2D eigenvalue weighted by Gasteiger charge is -2.16. The van der Waals surface area contributed by atoms with Crippen molar-refractivity contribution >= 4 is 11.6 Å². The van der Waals surface area contributed by atoms with E-state index in [-0.39, 0.29) is 11.8 Å². The van der Waals surface area contributed by atoms with Crippen molar-refractivity contribution in [2.24, 2.45) is 11.8 Å². The van der Waals surface area contributed by atoms with E-state index >= 15 is 0 Å². The van der Waals surface area contributed by atoms with Gasteiger partial charge >= 0.3 is 0 Å². The van der Waals surface area contributed by atoms with Gasteiger partial charge in [0.15, 0.2) is 0 Å². The van der Waals surface area contributed by atoms with Crippen LogP contribution in [0.1, 0.15) is 143 Å². The molecule has 0 saturated carbocycles. The molecule has 0 amide bonds. The van der Waals surface area contributed by atoms with Crippen molar-refractivity contribution in [3.05, 3.63) is 0 Å². The van der Waals surface area contributed by atoms with Crippen molar-refractivity contribution in [1.29, 1.82) is 0 Å². The number of unbranched alkanes of at least 4 members (excludes halogenated alkanes) is 8. The molecule has 0 radical (unpaired) electrons. The van der Waals surface area contributed by atoms with Gasteiger partial charge in [-0.25, -0.2) is 0 Å². The third-order valence-corrected chi connectivity index (χ3v) is 7.26. The number of ketones is 2. The molecule has 0 spiro atoms. The zero-order valence-corrected chi connectivity index (χ0v) is 25.2. The lowest BCUT2D eigenvalue weighted by atomic mass is 9.90. The predicted octanol–water partition coefficient (Wildman–Crippen LogP) is 8.51. The first-order chi connectivity index (χ1) is 18.1. The summed E-state index contributed by atoms with van der Waals surface area (Å²) >= 11 is 0. The van der Waals surface area contributed by atoms with E-state index < -0.39 is 0 Å². The zero-order chi connectivity index (χ0) is 27.4. The quantitative estimate of drug-likeness (QED) is 0.0878. The predicted molar refractivity (Wildman–Crippen MR) is 155 cm³/mol. The van der Waals surface area contributed by atoms with Gasteiger partial charge in [-0.2, -0.15) is 0 Å². The normalized spacial score (nSPS) is 13.1. The highest BCUT2D eigenvalue weighted by molar-refractivity contribution is 5.81. The first-order valence-electron chi connectivity index (χ1n) is 15.9. The smallest absolute Gasteiger partial charge is 0.138 e. The minimum absolute atomic E-state index is 0.211. The van der Waals surface area contributed by atoms with Crippen molar-refractivity contribution in [1.82, 2.24) is 0 Å². The molecule has 0 rings (SSSR count). The van der Waals surface area contributed by atoms with Crippen LogP contribution >= 0.6 is 0 Å². The Kier molecular flexibility index (Phi) is 27.6. The van der Waals surface area contributed by atoms with Gasteiger partial charge in [0.25, 0.3) is 0 Å². The first kappa shape index (κ1) is 36.2. The van der Waals surface area contributed by atoms with E-state index in [1.54, 1.807) is 0 Å². The maximum Gasteiger partial charge on any atom is 0.138 e. The highest BCUT2D eigenvalue weighted by Gasteiger charge is 2.18. The Morgan fingerprint density at radius 2 is 0.757 bits per heavy atom. The van der Waals surface area contributed by atoms with Crippen molar-refractivity contribution < 1.29 is 23.8 Å². The number of carbonyl (C=O) groups excluding carboxylic acids is 2. The average Bonchev–Trinajstić information content (AvgIpc) is 2.90. The van der Waals surface area contributed by atoms with E-state index in [1.807, 2.05) is 0 Å². The minimum atomic E-state index is 0.211. The maximum atomic E-state index is 12.7. The van der Waals surface area contributed by atoms with Crippen LogP contribution in [0, 0.1) is 11.8 Å². The molecule has 0 aliphatic rings.